The molecule has 0 fully saturated rings. The van der Waals surface area contributed by atoms with Crippen LogP contribution in [0, 0.1) is 6.92 Å². The summed E-state index contributed by atoms with van der Waals surface area (Å²) in [6.45, 7) is 2.22. The molecule has 0 saturated carbocycles. The number of hydrogen-bond acceptors (Lipinski definition) is 4. The number of anilines is 1. The normalized spacial score (nSPS) is 14.9. The predicted molar refractivity (Wildman–Crippen MR) is 60.2 cm³/mol. The quantitative estimate of drug-likeness (QED) is 0.538. The Kier molecular flexibility index (Phi) is 4.08. The van der Waals surface area contributed by atoms with E-state index in [0.717, 1.165) is 5.56 Å². The molecule has 4 nitrogen and oxygen atoms in total. The van der Waals surface area contributed by atoms with Gasteiger partial charge in [0.1, 0.15) is 6.10 Å². The van der Waals surface area contributed by atoms with Gasteiger partial charge in [-0.1, -0.05) is 12.1 Å². The van der Waals surface area contributed by atoms with Gasteiger partial charge in [-0.25, -0.2) is 0 Å². The molecule has 1 rings (SSSR count). The Morgan fingerprint density at radius 1 is 1.33 bits per heavy atom. The molecule has 0 heterocycles. The lowest BCUT2D eigenvalue weighted by atomic mass is 10.00. The third-order valence-corrected chi connectivity index (χ3v) is 2.46. The second-order valence-electron chi connectivity index (χ2n) is 3.71. The van der Waals surface area contributed by atoms with Crippen molar-refractivity contribution < 1.29 is 10.2 Å². The first kappa shape index (κ1) is 12.0. The van der Waals surface area contributed by atoms with Crippen LogP contribution in [0.2, 0.25) is 0 Å². The van der Waals surface area contributed by atoms with Crippen LogP contribution in [-0.4, -0.2) is 22.9 Å². The maximum Gasteiger partial charge on any atom is 0.105 e. The van der Waals surface area contributed by atoms with Crippen molar-refractivity contribution in [1.29, 1.82) is 0 Å². The van der Waals surface area contributed by atoms with Crippen LogP contribution in [0.15, 0.2) is 18.2 Å². The predicted octanol–water partition coefficient (Wildman–Crippen LogP) is 0.320. The van der Waals surface area contributed by atoms with Gasteiger partial charge < -0.3 is 21.7 Å². The minimum absolute atomic E-state index is 0.353. The minimum atomic E-state index is -0.896. The van der Waals surface area contributed by atoms with Crippen molar-refractivity contribution in [3.63, 3.8) is 0 Å². The van der Waals surface area contributed by atoms with E-state index in [0.29, 0.717) is 24.2 Å². The van der Waals surface area contributed by atoms with Gasteiger partial charge in [0.15, 0.2) is 0 Å². The molecule has 84 valence electrons. The second kappa shape index (κ2) is 5.11. The fraction of sp³-hybridized carbons (Fsp3) is 0.455. The summed E-state index contributed by atoms with van der Waals surface area (Å²) in [7, 11) is 0. The van der Waals surface area contributed by atoms with Crippen LogP contribution < -0.4 is 11.5 Å². The largest absolute Gasteiger partial charge is 0.399 e. The topological polar surface area (TPSA) is 92.5 Å². The van der Waals surface area contributed by atoms with Gasteiger partial charge in [-0.15, -0.1) is 0 Å². The van der Waals surface area contributed by atoms with E-state index in [1.807, 2.05) is 6.92 Å². The number of aliphatic hydroxyl groups is 2. The Balaban J connectivity index is 2.81. The Morgan fingerprint density at radius 2 is 2.00 bits per heavy atom. The molecule has 0 aliphatic heterocycles. The van der Waals surface area contributed by atoms with Crippen molar-refractivity contribution in [2.75, 3.05) is 12.3 Å². The van der Waals surface area contributed by atoms with E-state index in [-0.39, 0.29) is 0 Å². The third kappa shape index (κ3) is 2.92. The van der Waals surface area contributed by atoms with Gasteiger partial charge in [-0.2, -0.15) is 0 Å². The highest BCUT2D eigenvalue weighted by Gasteiger charge is 2.17. The number of aryl methyl sites for hydroxylation is 1. The summed E-state index contributed by atoms with van der Waals surface area (Å²) in [5.74, 6) is 0. The lowest BCUT2D eigenvalue weighted by Crippen LogP contribution is -2.21. The summed E-state index contributed by atoms with van der Waals surface area (Å²) < 4.78 is 0. The standard InChI is InChI=1S/C11H18N2O2/c1-7-6-8(2-3-9(7)13)11(15)10(14)4-5-12/h2-3,6,10-11,14-15H,4-5,12-13H2,1H3. The van der Waals surface area contributed by atoms with E-state index in [1.54, 1.807) is 18.2 Å². The number of rotatable bonds is 4. The van der Waals surface area contributed by atoms with Crippen molar-refractivity contribution in [1.82, 2.24) is 0 Å². The van der Waals surface area contributed by atoms with Crippen LogP contribution in [0.4, 0.5) is 5.69 Å². The smallest absolute Gasteiger partial charge is 0.105 e. The van der Waals surface area contributed by atoms with Gasteiger partial charge in [-0.05, 0) is 37.1 Å². The molecule has 0 radical (unpaired) electrons. The average Bonchev–Trinajstić information content (AvgIpc) is 2.21. The number of nitrogen functional groups attached to an aromatic ring is 1. The molecule has 15 heavy (non-hydrogen) atoms. The van der Waals surface area contributed by atoms with Gasteiger partial charge in [0, 0.05) is 5.69 Å². The molecule has 2 unspecified atom stereocenters. The molecule has 6 N–H and O–H groups in total. The second-order valence-corrected chi connectivity index (χ2v) is 3.71. The molecule has 0 amide bonds. The Morgan fingerprint density at radius 3 is 2.53 bits per heavy atom. The summed E-state index contributed by atoms with van der Waals surface area (Å²) in [5.41, 5.74) is 13.2. The number of aliphatic hydroxyl groups excluding tert-OH is 2. The monoisotopic (exact) mass is 210 g/mol. The molecule has 0 aliphatic rings. The van der Waals surface area contributed by atoms with Gasteiger partial charge in [0.25, 0.3) is 0 Å². The number of hydrogen-bond donors (Lipinski definition) is 4. The summed E-state index contributed by atoms with van der Waals surface area (Å²) in [6.07, 6.45) is -1.34. The van der Waals surface area contributed by atoms with Gasteiger partial charge in [0.2, 0.25) is 0 Å². The van der Waals surface area contributed by atoms with Crippen LogP contribution in [0.1, 0.15) is 23.7 Å². The maximum atomic E-state index is 9.79. The summed E-state index contributed by atoms with van der Waals surface area (Å²) in [4.78, 5) is 0. The van der Waals surface area contributed by atoms with Crippen molar-refractivity contribution >= 4 is 5.69 Å². The van der Waals surface area contributed by atoms with E-state index in [4.69, 9.17) is 11.5 Å². The Bertz CT molecular complexity index is 328. The van der Waals surface area contributed by atoms with Crippen LogP contribution in [0.3, 0.4) is 0 Å². The summed E-state index contributed by atoms with van der Waals surface area (Å²) in [5, 5.41) is 19.4. The van der Waals surface area contributed by atoms with Crippen LogP contribution in [0.5, 0.6) is 0 Å². The zero-order valence-corrected chi connectivity index (χ0v) is 8.85. The number of benzene rings is 1. The first-order valence-electron chi connectivity index (χ1n) is 4.98. The third-order valence-electron chi connectivity index (χ3n) is 2.46. The Hall–Kier alpha value is -1.10. The molecule has 0 saturated heterocycles. The van der Waals surface area contributed by atoms with E-state index < -0.39 is 12.2 Å². The molecule has 0 aliphatic carbocycles. The highest BCUT2D eigenvalue weighted by molar-refractivity contribution is 5.48. The van der Waals surface area contributed by atoms with E-state index in [9.17, 15) is 10.2 Å². The van der Waals surface area contributed by atoms with Crippen LogP contribution in [0.25, 0.3) is 0 Å². The summed E-state index contributed by atoms with van der Waals surface area (Å²) >= 11 is 0. The Labute approximate surface area is 89.5 Å². The fourth-order valence-corrected chi connectivity index (χ4v) is 1.43. The highest BCUT2D eigenvalue weighted by atomic mass is 16.3. The molecule has 0 bridgehead atoms. The highest BCUT2D eigenvalue weighted by Crippen LogP contribution is 2.22. The van der Waals surface area contributed by atoms with E-state index in [2.05, 4.69) is 0 Å². The fourth-order valence-electron chi connectivity index (χ4n) is 1.43. The maximum absolute atomic E-state index is 9.79. The molecule has 2 atom stereocenters. The van der Waals surface area contributed by atoms with E-state index >= 15 is 0 Å². The molecule has 0 aromatic heterocycles. The molecule has 1 aromatic rings. The van der Waals surface area contributed by atoms with Gasteiger partial charge in [0.05, 0.1) is 6.10 Å². The SMILES string of the molecule is Cc1cc(C(O)C(O)CCN)ccc1N. The average molecular weight is 210 g/mol. The lowest BCUT2D eigenvalue weighted by Gasteiger charge is -2.18. The lowest BCUT2D eigenvalue weighted by molar-refractivity contribution is 0.0150. The first-order valence-corrected chi connectivity index (χ1v) is 4.98. The molecular formula is C11H18N2O2. The molecule has 1 aromatic carbocycles. The molecular weight excluding hydrogens is 192 g/mol. The first-order chi connectivity index (χ1) is 7.06. The van der Waals surface area contributed by atoms with Crippen LogP contribution in [-0.2, 0) is 0 Å². The number of nitrogens with two attached hydrogens (primary N) is 2. The van der Waals surface area contributed by atoms with Gasteiger partial charge >= 0.3 is 0 Å². The molecule has 4 heteroatoms. The minimum Gasteiger partial charge on any atom is -0.399 e. The van der Waals surface area contributed by atoms with Gasteiger partial charge in [-0.3, -0.25) is 0 Å². The molecule has 0 spiro atoms. The zero-order chi connectivity index (χ0) is 11.4. The van der Waals surface area contributed by atoms with E-state index in [1.165, 1.54) is 0 Å². The van der Waals surface area contributed by atoms with Crippen molar-refractivity contribution in [3.8, 4) is 0 Å². The van der Waals surface area contributed by atoms with Crippen molar-refractivity contribution in [2.24, 2.45) is 5.73 Å². The van der Waals surface area contributed by atoms with Crippen molar-refractivity contribution in [2.45, 2.75) is 25.6 Å². The van der Waals surface area contributed by atoms with Crippen molar-refractivity contribution in [3.05, 3.63) is 29.3 Å². The van der Waals surface area contributed by atoms with Crippen LogP contribution >= 0.6 is 0 Å². The zero-order valence-electron chi connectivity index (χ0n) is 8.85. The summed E-state index contributed by atoms with van der Waals surface area (Å²) in [6, 6.07) is 5.22.